The van der Waals surface area contributed by atoms with Crippen molar-refractivity contribution >= 4 is 35.5 Å². The van der Waals surface area contributed by atoms with E-state index in [-0.39, 0.29) is 0 Å². The maximum absolute atomic E-state index is 8.45. The van der Waals surface area contributed by atoms with Crippen LogP contribution in [0.3, 0.4) is 0 Å². The third-order valence-corrected chi connectivity index (χ3v) is 5.34. The van der Waals surface area contributed by atoms with Gasteiger partial charge in [0.2, 0.25) is 0 Å². The number of piperazine rings is 1. The first-order valence-electron chi connectivity index (χ1n) is 8.59. The Labute approximate surface area is 152 Å². The first kappa shape index (κ1) is 17.6. The number of hydrogen-bond donors (Lipinski definition) is 2. The van der Waals surface area contributed by atoms with Gasteiger partial charge in [0.1, 0.15) is 5.84 Å². The van der Waals surface area contributed by atoms with E-state index in [2.05, 4.69) is 56.5 Å². The molecule has 1 aliphatic rings. The Kier molecular flexibility index (Phi) is 5.83. The summed E-state index contributed by atoms with van der Waals surface area (Å²) in [6, 6.07) is 4.29. The van der Waals surface area contributed by atoms with E-state index in [1.165, 1.54) is 15.4 Å². The standard InChI is InChI=1S/C19H25N5S/c1-3-15-5-9-24(18(15)4-6-21-2)13-17-12-16(14-25-17)19(20)23-10-7-22-8-11-23/h3-6,9,12,14,20,22H,7-8,10-11,13H2,1-2H3/b15-3-,18-4+,20-19?,21-6?. The van der Waals surface area contributed by atoms with Crippen LogP contribution in [0.4, 0.5) is 0 Å². The predicted octanol–water partition coefficient (Wildman–Crippen LogP) is 1.11. The number of nitrogens with one attached hydrogen (secondary N) is 2. The van der Waals surface area contributed by atoms with Gasteiger partial charge in [0.25, 0.3) is 0 Å². The monoisotopic (exact) mass is 355 g/mol. The topological polar surface area (TPSA) is 56.4 Å². The quantitative estimate of drug-likeness (QED) is 0.638. The average Bonchev–Trinajstić information content (AvgIpc) is 3.27. The van der Waals surface area contributed by atoms with Crippen LogP contribution in [0.25, 0.3) is 12.2 Å². The molecule has 2 aromatic rings. The highest BCUT2D eigenvalue weighted by Crippen LogP contribution is 2.17. The summed E-state index contributed by atoms with van der Waals surface area (Å²) in [5, 5.41) is 16.3. The van der Waals surface area contributed by atoms with Gasteiger partial charge >= 0.3 is 0 Å². The highest BCUT2D eigenvalue weighted by Gasteiger charge is 2.16. The van der Waals surface area contributed by atoms with Crippen molar-refractivity contribution in [1.29, 1.82) is 5.41 Å². The molecular weight excluding hydrogens is 330 g/mol. The van der Waals surface area contributed by atoms with E-state index >= 15 is 0 Å². The zero-order valence-electron chi connectivity index (χ0n) is 14.8. The van der Waals surface area contributed by atoms with E-state index in [1.54, 1.807) is 18.4 Å². The average molecular weight is 356 g/mol. The number of thiophene rings is 1. The summed E-state index contributed by atoms with van der Waals surface area (Å²) in [6.45, 7) is 6.60. The maximum atomic E-state index is 8.45. The Morgan fingerprint density at radius 2 is 2.20 bits per heavy atom. The van der Waals surface area contributed by atoms with Crippen LogP contribution in [-0.2, 0) is 6.54 Å². The Bertz CT molecular complexity index is 868. The molecule has 0 spiro atoms. The number of aliphatic imine (C=N–C) groups is 1. The summed E-state index contributed by atoms with van der Waals surface area (Å²) in [6.07, 6.45) is 8.11. The van der Waals surface area contributed by atoms with Gasteiger partial charge < -0.3 is 14.8 Å². The number of nitrogens with zero attached hydrogens (tertiary/aromatic N) is 3. The summed E-state index contributed by atoms with van der Waals surface area (Å²) < 4.78 is 2.24. The van der Waals surface area contributed by atoms with Gasteiger partial charge in [0.05, 0.1) is 6.54 Å². The third-order valence-electron chi connectivity index (χ3n) is 4.42. The van der Waals surface area contributed by atoms with Crippen LogP contribution in [0.1, 0.15) is 17.4 Å². The van der Waals surface area contributed by atoms with E-state index < -0.39 is 0 Å². The van der Waals surface area contributed by atoms with Crippen molar-refractivity contribution in [2.45, 2.75) is 13.5 Å². The predicted molar refractivity (Wildman–Crippen MR) is 107 cm³/mol. The van der Waals surface area contributed by atoms with Crippen LogP contribution < -0.4 is 15.9 Å². The minimum Gasteiger partial charge on any atom is -0.354 e. The van der Waals surface area contributed by atoms with Crippen LogP contribution in [0.2, 0.25) is 0 Å². The molecule has 5 nitrogen and oxygen atoms in total. The summed E-state index contributed by atoms with van der Waals surface area (Å²) >= 11 is 1.72. The normalized spacial score (nSPS) is 17.0. The van der Waals surface area contributed by atoms with Gasteiger partial charge in [0.15, 0.2) is 0 Å². The fourth-order valence-electron chi connectivity index (χ4n) is 3.05. The summed E-state index contributed by atoms with van der Waals surface area (Å²) in [5.41, 5.74) is 1.02. The molecule has 3 heterocycles. The first-order valence-corrected chi connectivity index (χ1v) is 9.47. The zero-order chi connectivity index (χ0) is 17.6. The van der Waals surface area contributed by atoms with Crippen LogP contribution in [0, 0.1) is 5.41 Å². The van der Waals surface area contributed by atoms with E-state index in [0.29, 0.717) is 5.84 Å². The summed E-state index contributed by atoms with van der Waals surface area (Å²) in [5.74, 6) is 0.643. The van der Waals surface area contributed by atoms with Crippen LogP contribution in [0.5, 0.6) is 0 Å². The molecule has 1 saturated heterocycles. The Morgan fingerprint density at radius 1 is 1.40 bits per heavy atom. The molecule has 0 aliphatic carbocycles. The molecule has 0 bridgehead atoms. The molecule has 6 heteroatoms. The van der Waals surface area contributed by atoms with E-state index in [4.69, 9.17) is 5.41 Å². The van der Waals surface area contributed by atoms with Crippen LogP contribution in [0.15, 0.2) is 28.7 Å². The second-order valence-corrected chi connectivity index (χ2v) is 7.03. The lowest BCUT2D eigenvalue weighted by molar-refractivity contribution is 0.356. The van der Waals surface area contributed by atoms with Crippen molar-refractivity contribution < 1.29 is 0 Å². The molecule has 0 radical (unpaired) electrons. The first-order chi connectivity index (χ1) is 12.2. The molecule has 3 rings (SSSR count). The van der Waals surface area contributed by atoms with Crippen LogP contribution >= 0.6 is 11.3 Å². The molecule has 1 aliphatic heterocycles. The number of rotatable bonds is 4. The van der Waals surface area contributed by atoms with E-state index in [1.807, 2.05) is 12.3 Å². The van der Waals surface area contributed by atoms with Crippen molar-refractivity contribution in [2.24, 2.45) is 4.99 Å². The van der Waals surface area contributed by atoms with Crippen molar-refractivity contribution in [3.63, 3.8) is 0 Å². The molecule has 0 unspecified atom stereocenters. The lowest BCUT2D eigenvalue weighted by Gasteiger charge is -2.29. The number of amidine groups is 1. The molecule has 0 aromatic carbocycles. The molecule has 0 saturated carbocycles. The van der Waals surface area contributed by atoms with Crippen molar-refractivity contribution in [2.75, 3.05) is 33.2 Å². The fourth-order valence-corrected chi connectivity index (χ4v) is 3.91. The molecule has 1 fully saturated rings. The van der Waals surface area contributed by atoms with Gasteiger partial charge in [-0.3, -0.25) is 10.4 Å². The molecule has 0 amide bonds. The Balaban J connectivity index is 1.80. The molecule has 2 N–H and O–H groups in total. The number of aromatic nitrogens is 1. The van der Waals surface area contributed by atoms with E-state index in [0.717, 1.165) is 38.3 Å². The molecule has 132 valence electrons. The van der Waals surface area contributed by atoms with Gasteiger partial charge in [-0.1, -0.05) is 6.08 Å². The number of hydrogen-bond acceptors (Lipinski definition) is 4. The Morgan fingerprint density at radius 3 is 2.92 bits per heavy atom. The smallest absolute Gasteiger partial charge is 0.129 e. The summed E-state index contributed by atoms with van der Waals surface area (Å²) in [7, 11) is 1.78. The maximum Gasteiger partial charge on any atom is 0.129 e. The second-order valence-electron chi connectivity index (χ2n) is 6.03. The molecular formula is C19H25N5S. The lowest BCUT2D eigenvalue weighted by atomic mass is 10.2. The highest BCUT2D eigenvalue weighted by molar-refractivity contribution is 7.10. The largest absolute Gasteiger partial charge is 0.354 e. The van der Waals surface area contributed by atoms with Crippen LogP contribution in [-0.4, -0.2) is 54.7 Å². The zero-order valence-corrected chi connectivity index (χ0v) is 15.6. The van der Waals surface area contributed by atoms with Gasteiger partial charge in [-0.15, -0.1) is 11.3 Å². The van der Waals surface area contributed by atoms with Gasteiger partial charge in [-0.2, -0.15) is 0 Å². The fraction of sp³-hybridized carbons (Fsp3) is 0.368. The molecule has 0 atom stereocenters. The van der Waals surface area contributed by atoms with Gasteiger partial charge in [-0.25, -0.2) is 0 Å². The van der Waals surface area contributed by atoms with E-state index in [9.17, 15) is 0 Å². The highest BCUT2D eigenvalue weighted by atomic mass is 32.1. The summed E-state index contributed by atoms with van der Waals surface area (Å²) in [4.78, 5) is 7.48. The Hall–Kier alpha value is -2.18. The van der Waals surface area contributed by atoms with Crippen molar-refractivity contribution in [3.05, 3.63) is 44.7 Å². The molecule has 2 aromatic heterocycles. The van der Waals surface area contributed by atoms with Gasteiger partial charge in [-0.05, 0) is 30.4 Å². The van der Waals surface area contributed by atoms with Crippen molar-refractivity contribution in [1.82, 2.24) is 14.8 Å². The third kappa shape index (κ3) is 4.08. The molecule has 25 heavy (non-hydrogen) atoms. The minimum atomic E-state index is 0.643. The van der Waals surface area contributed by atoms with Crippen molar-refractivity contribution in [3.8, 4) is 0 Å². The lowest BCUT2D eigenvalue weighted by Crippen LogP contribution is -2.46. The van der Waals surface area contributed by atoms with Gasteiger partial charge in [0, 0.05) is 66.8 Å². The second kappa shape index (κ2) is 8.27. The minimum absolute atomic E-state index is 0.643. The SMILES string of the molecule is C/C=c1/ccn(Cc2cc(C(=N)N3CCNCC3)cs2)/c1=C/C=NC.